The molecule has 7 aromatic rings. The monoisotopic (exact) mass is 397 g/mol. The highest BCUT2D eigenvalue weighted by atomic mass is 16.3. The van der Waals surface area contributed by atoms with E-state index in [9.17, 15) is 0 Å². The number of hydrogen-bond donors (Lipinski definition) is 0. The Labute approximate surface area is 178 Å². The van der Waals surface area contributed by atoms with Crippen molar-refractivity contribution in [3.63, 3.8) is 0 Å². The molecule has 0 spiro atoms. The third kappa shape index (κ3) is 2.22. The zero-order valence-electron chi connectivity index (χ0n) is 17.1. The first-order chi connectivity index (χ1) is 15.3. The molecule has 0 unspecified atom stereocenters. The van der Waals surface area contributed by atoms with Crippen molar-refractivity contribution >= 4 is 54.5 Å². The molecule has 5 aromatic carbocycles. The van der Waals surface area contributed by atoms with Gasteiger partial charge in [-0.1, -0.05) is 72.8 Å². The standard InChI is InChI=1S/C29H19NO/c1-30-25-12-6-4-10-21(25)23-17-24-22-11-5-7-13-26(22)31-29(24)27(28(23)30)20-15-14-18-8-2-3-9-19(18)16-20/h2-17H,1H3. The first-order valence-electron chi connectivity index (χ1n) is 10.6. The Hall–Kier alpha value is -4.04. The van der Waals surface area contributed by atoms with E-state index >= 15 is 0 Å². The molecular formula is C29H19NO. The van der Waals surface area contributed by atoms with Crippen molar-refractivity contribution in [2.75, 3.05) is 0 Å². The Kier molecular flexibility index (Phi) is 3.23. The number of fused-ring (bicyclic) bond motifs is 7. The fourth-order valence-electron chi connectivity index (χ4n) is 5.13. The first-order valence-corrected chi connectivity index (χ1v) is 10.6. The van der Waals surface area contributed by atoms with Crippen LogP contribution in [0.2, 0.25) is 0 Å². The van der Waals surface area contributed by atoms with E-state index in [2.05, 4.69) is 103 Å². The van der Waals surface area contributed by atoms with E-state index in [1.807, 2.05) is 6.07 Å². The summed E-state index contributed by atoms with van der Waals surface area (Å²) < 4.78 is 8.80. The number of benzene rings is 5. The molecule has 0 aliphatic rings. The molecule has 146 valence electrons. The summed E-state index contributed by atoms with van der Waals surface area (Å²) in [7, 11) is 2.16. The summed E-state index contributed by atoms with van der Waals surface area (Å²) in [4.78, 5) is 0. The molecule has 2 heteroatoms. The van der Waals surface area contributed by atoms with Crippen LogP contribution < -0.4 is 0 Å². The van der Waals surface area contributed by atoms with Crippen LogP contribution in [0.15, 0.2) is 101 Å². The molecule has 7 rings (SSSR count). The van der Waals surface area contributed by atoms with Gasteiger partial charge in [0.05, 0.1) is 5.52 Å². The zero-order valence-corrected chi connectivity index (χ0v) is 17.1. The van der Waals surface area contributed by atoms with Crippen molar-refractivity contribution in [1.29, 1.82) is 0 Å². The Bertz CT molecular complexity index is 1800. The number of rotatable bonds is 1. The molecule has 0 aliphatic heterocycles. The lowest BCUT2D eigenvalue weighted by atomic mass is 9.96. The number of aryl methyl sites for hydroxylation is 1. The molecule has 0 aliphatic carbocycles. The van der Waals surface area contributed by atoms with Crippen LogP contribution in [0.4, 0.5) is 0 Å². The molecular weight excluding hydrogens is 378 g/mol. The van der Waals surface area contributed by atoms with Crippen molar-refractivity contribution < 1.29 is 4.42 Å². The molecule has 0 bridgehead atoms. The minimum absolute atomic E-state index is 0.930. The summed E-state index contributed by atoms with van der Waals surface area (Å²) in [6.07, 6.45) is 0. The fourth-order valence-corrected chi connectivity index (χ4v) is 5.13. The SMILES string of the molecule is Cn1c2ccccc2c2cc3c(oc4ccccc43)c(-c3ccc4ccccc4c3)c21. The molecule has 31 heavy (non-hydrogen) atoms. The predicted molar refractivity (Wildman–Crippen MR) is 131 cm³/mol. The lowest BCUT2D eigenvalue weighted by Gasteiger charge is -2.10. The highest BCUT2D eigenvalue weighted by molar-refractivity contribution is 6.23. The van der Waals surface area contributed by atoms with Crippen LogP contribution in [0.1, 0.15) is 0 Å². The van der Waals surface area contributed by atoms with Gasteiger partial charge in [-0.25, -0.2) is 0 Å². The Morgan fingerprint density at radius 1 is 0.613 bits per heavy atom. The number of furan rings is 1. The van der Waals surface area contributed by atoms with Gasteiger partial charge in [0.2, 0.25) is 0 Å². The van der Waals surface area contributed by atoms with Gasteiger partial charge >= 0.3 is 0 Å². The van der Waals surface area contributed by atoms with E-state index in [0.717, 1.165) is 22.1 Å². The maximum atomic E-state index is 6.50. The van der Waals surface area contributed by atoms with Crippen LogP contribution in [-0.2, 0) is 7.05 Å². The largest absolute Gasteiger partial charge is 0.455 e. The van der Waals surface area contributed by atoms with Crippen LogP contribution >= 0.6 is 0 Å². The Morgan fingerprint density at radius 3 is 2.26 bits per heavy atom. The lowest BCUT2D eigenvalue weighted by molar-refractivity contribution is 0.670. The van der Waals surface area contributed by atoms with Crippen LogP contribution in [0, 0.1) is 0 Å². The molecule has 2 heterocycles. The van der Waals surface area contributed by atoms with E-state index < -0.39 is 0 Å². The molecule has 0 N–H and O–H groups in total. The van der Waals surface area contributed by atoms with Crippen LogP contribution in [-0.4, -0.2) is 4.57 Å². The van der Waals surface area contributed by atoms with Gasteiger partial charge in [-0.2, -0.15) is 0 Å². The van der Waals surface area contributed by atoms with E-state index in [-0.39, 0.29) is 0 Å². The van der Waals surface area contributed by atoms with Crippen molar-refractivity contribution in [1.82, 2.24) is 4.57 Å². The molecule has 0 saturated carbocycles. The second kappa shape index (κ2) is 5.99. The minimum atomic E-state index is 0.930. The average molecular weight is 397 g/mol. The van der Waals surface area contributed by atoms with Crippen molar-refractivity contribution in [2.45, 2.75) is 0 Å². The van der Waals surface area contributed by atoms with Gasteiger partial charge < -0.3 is 8.98 Å². The molecule has 2 nitrogen and oxygen atoms in total. The van der Waals surface area contributed by atoms with Crippen molar-refractivity contribution in [2.24, 2.45) is 7.05 Å². The first kappa shape index (κ1) is 16.7. The molecule has 0 amide bonds. The average Bonchev–Trinajstić information content (AvgIpc) is 3.33. The second-order valence-electron chi connectivity index (χ2n) is 8.26. The van der Waals surface area contributed by atoms with Crippen LogP contribution in [0.25, 0.3) is 65.6 Å². The third-order valence-electron chi connectivity index (χ3n) is 6.57. The van der Waals surface area contributed by atoms with Crippen LogP contribution in [0.5, 0.6) is 0 Å². The lowest BCUT2D eigenvalue weighted by Crippen LogP contribution is -1.91. The molecule has 0 fully saturated rings. The van der Waals surface area contributed by atoms with E-state index in [4.69, 9.17) is 4.42 Å². The zero-order chi connectivity index (χ0) is 20.5. The number of nitrogens with zero attached hydrogens (tertiary/aromatic N) is 1. The summed E-state index contributed by atoms with van der Waals surface area (Å²) in [6, 6.07) is 34.5. The second-order valence-corrected chi connectivity index (χ2v) is 8.26. The molecule has 0 radical (unpaired) electrons. The van der Waals surface area contributed by atoms with E-state index in [1.54, 1.807) is 0 Å². The van der Waals surface area contributed by atoms with Gasteiger partial charge in [0, 0.05) is 39.7 Å². The Morgan fingerprint density at radius 2 is 1.35 bits per heavy atom. The van der Waals surface area contributed by atoms with Gasteiger partial charge in [0.15, 0.2) is 0 Å². The fraction of sp³-hybridized carbons (Fsp3) is 0.0345. The van der Waals surface area contributed by atoms with Crippen molar-refractivity contribution in [3.8, 4) is 11.1 Å². The van der Waals surface area contributed by atoms with Crippen LogP contribution in [0.3, 0.4) is 0 Å². The summed E-state index contributed by atoms with van der Waals surface area (Å²) in [5.41, 5.74) is 6.67. The quantitative estimate of drug-likeness (QED) is 0.274. The highest BCUT2D eigenvalue weighted by Crippen LogP contribution is 2.44. The van der Waals surface area contributed by atoms with Gasteiger partial charge in [0.1, 0.15) is 11.2 Å². The predicted octanol–water partition coefficient (Wildman–Crippen LogP) is 8.05. The van der Waals surface area contributed by atoms with Gasteiger partial charge in [-0.05, 0) is 40.6 Å². The summed E-state index contributed by atoms with van der Waals surface area (Å²) in [5, 5.41) is 7.35. The summed E-state index contributed by atoms with van der Waals surface area (Å²) in [6.45, 7) is 0. The number of para-hydroxylation sites is 2. The van der Waals surface area contributed by atoms with E-state index in [1.165, 1.54) is 43.5 Å². The highest BCUT2D eigenvalue weighted by Gasteiger charge is 2.21. The topological polar surface area (TPSA) is 18.1 Å². The number of hydrogen-bond acceptors (Lipinski definition) is 1. The smallest absolute Gasteiger partial charge is 0.145 e. The summed E-state index contributed by atoms with van der Waals surface area (Å²) in [5.74, 6) is 0. The minimum Gasteiger partial charge on any atom is -0.455 e. The van der Waals surface area contributed by atoms with E-state index in [0.29, 0.717) is 0 Å². The summed E-state index contributed by atoms with van der Waals surface area (Å²) >= 11 is 0. The maximum absolute atomic E-state index is 6.50. The molecule has 0 saturated heterocycles. The molecule has 2 aromatic heterocycles. The van der Waals surface area contributed by atoms with Gasteiger partial charge in [-0.3, -0.25) is 0 Å². The van der Waals surface area contributed by atoms with Gasteiger partial charge in [-0.15, -0.1) is 0 Å². The van der Waals surface area contributed by atoms with Gasteiger partial charge in [0.25, 0.3) is 0 Å². The van der Waals surface area contributed by atoms with Crippen molar-refractivity contribution in [3.05, 3.63) is 97.1 Å². The third-order valence-corrected chi connectivity index (χ3v) is 6.57. The Balaban J connectivity index is 1.75. The molecule has 0 atom stereocenters. The maximum Gasteiger partial charge on any atom is 0.145 e. The number of aromatic nitrogens is 1. The normalized spacial score (nSPS) is 12.0.